The van der Waals surface area contributed by atoms with Crippen LogP contribution >= 0.6 is 0 Å². The number of urea groups is 1. The molecule has 10 nitrogen and oxygen atoms in total. The molecule has 2 aliphatic rings. The molecule has 4 amide bonds. The summed E-state index contributed by atoms with van der Waals surface area (Å²) in [4.78, 5) is 49.3. The number of pyridine rings is 2. The molecule has 0 saturated carbocycles. The fraction of sp³-hybridized carbons (Fsp3) is 0.350. The van der Waals surface area contributed by atoms with Crippen molar-refractivity contribution >= 4 is 35.2 Å². The molecule has 0 unspecified atom stereocenters. The topological polar surface area (TPSA) is 134 Å². The van der Waals surface area contributed by atoms with Crippen LogP contribution in [0.2, 0.25) is 0 Å². The van der Waals surface area contributed by atoms with Gasteiger partial charge in [0.15, 0.2) is 5.82 Å². The quantitative estimate of drug-likeness (QED) is 0.698. The van der Waals surface area contributed by atoms with Crippen LogP contribution in [0.4, 0.5) is 22.1 Å². The van der Waals surface area contributed by atoms with Gasteiger partial charge in [0, 0.05) is 30.9 Å². The molecule has 156 valence electrons. The number of amides is 4. The molecule has 1 saturated heterocycles. The molecular formula is C20H23N7O3. The monoisotopic (exact) mass is 409 g/mol. The van der Waals surface area contributed by atoms with Crippen molar-refractivity contribution in [2.24, 2.45) is 5.73 Å². The van der Waals surface area contributed by atoms with Gasteiger partial charge in [0.05, 0.1) is 11.7 Å². The summed E-state index contributed by atoms with van der Waals surface area (Å²) in [6, 6.07) is 5.86. The lowest BCUT2D eigenvalue weighted by atomic mass is 10.1. The zero-order valence-electron chi connectivity index (χ0n) is 16.8. The fourth-order valence-electron chi connectivity index (χ4n) is 3.76. The first kappa shape index (κ1) is 19.6. The molecule has 10 heteroatoms. The Morgan fingerprint density at radius 2 is 2.03 bits per heavy atom. The number of hydrogen-bond donors (Lipinski definition) is 3. The van der Waals surface area contributed by atoms with Gasteiger partial charge >= 0.3 is 6.03 Å². The van der Waals surface area contributed by atoms with Crippen LogP contribution in [0, 0.1) is 0 Å². The molecule has 4 N–H and O–H groups in total. The molecule has 2 aromatic rings. The maximum absolute atomic E-state index is 13.2. The van der Waals surface area contributed by atoms with Crippen molar-refractivity contribution in [3.05, 3.63) is 41.7 Å². The minimum Gasteiger partial charge on any atom is -0.366 e. The van der Waals surface area contributed by atoms with Crippen molar-refractivity contribution in [1.82, 2.24) is 15.3 Å². The Morgan fingerprint density at radius 1 is 1.23 bits per heavy atom. The third-order valence-electron chi connectivity index (χ3n) is 5.10. The predicted molar refractivity (Wildman–Crippen MR) is 112 cm³/mol. The van der Waals surface area contributed by atoms with Crippen LogP contribution < -0.4 is 26.2 Å². The van der Waals surface area contributed by atoms with Gasteiger partial charge in [-0.3, -0.25) is 19.8 Å². The van der Waals surface area contributed by atoms with Gasteiger partial charge in [-0.1, -0.05) is 0 Å². The molecule has 30 heavy (non-hydrogen) atoms. The van der Waals surface area contributed by atoms with Gasteiger partial charge in [0.25, 0.3) is 5.91 Å². The molecule has 2 aliphatic heterocycles. The van der Waals surface area contributed by atoms with E-state index in [1.54, 1.807) is 11.0 Å². The first-order valence-corrected chi connectivity index (χ1v) is 9.76. The first-order chi connectivity index (χ1) is 14.3. The maximum Gasteiger partial charge on any atom is 0.329 e. The number of rotatable bonds is 4. The van der Waals surface area contributed by atoms with E-state index in [-0.39, 0.29) is 35.1 Å². The molecule has 0 aromatic carbocycles. The lowest BCUT2D eigenvalue weighted by Crippen LogP contribution is -2.48. The van der Waals surface area contributed by atoms with Gasteiger partial charge < -0.3 is 16.0 Å². The third-order valence-corrected chi connectivity index (χ3v) is 5.10. The van der Waals surface area contributed by atoms with E-state index < -0.39 is 11.9 Å². The molecule has 4 rings (SSSR count). The van der Waals surface area contributed by atoms with Crippen LogP contribution in [-0.4, -0.2) is 53.0 Å². The number of carbonyl (C=O) groups excluding carboxylic acids is 3. The number of primary amides is 1. The molecular weight excluding hydrogens is 386 g/mol. The van der Waals surface area contributed by atoms with Crippen molar-refractivity contribution in [3.8, 4) is 0 Å². The summed E-state index contributed by atoms with van der Waals surface area (Å²) in [5, 5.41) is 5.54. The number of carbonyl (C=O) groups is 3. The minimum atomic E-state index is -0.606. The number of hydrogen-bond acceptors (Lipinski definition) is 6. The zero-order valence-corrected chi connectivity index (χ0v) is 16.8. The van der Waals surface area contributed by atoms with Gasteiger partial charge in [-0.25, -0.2) is 14.8 Å². The molecule has 1 fully saturated rings. The molecule has 0 radical (unpaired) electrons. The number of nitrogens with zero attached hydrogens (tertiary/aromatic N) is 4. The van der Waals surface area contributed by atoms with Crippen LogP contribution in [0.15, 0.2) is 30.5 Å². The van der Waals surface area contributed by atoms with Gasteiger partial charge in [-0.15, -0.1) is 0 Å². The Labute approximate surface area is 173 Å². The molecule has 0 spiro atoms. The molecule has 4 heterocycles. The Hall–Kier alpha value is -3.69. The van der Waals surface area contributed by atoms with Crippen molar-refractivity contribution in [2.75, 3.05) is 28.2 Å². The Kier molecular flexibility index (Phi) is 4.98. The molecule has 2 bridgehead atoms. The number of anilines is 3. The average molecular weight is 409 g/mol. The van der Waals surface area contributed by atoms with Crippen molar-refractivity contribution in [3.63, 3.8) is 0 Å². The molecule has 1 atom stereocenters. The Morgan fingerprint density at radius 3 is 2.77 bits per heavy atom. The standard InChI is InChI=1S/C20H23N7O3/c1-11(2)23-19(29)14-3-4-15-18(24-14)27(13-6-8-26(15)10-13)20(30)25-16-9-12(17(21)28)5-7-22-16/h3-5,7,9,11,13H,6,8,10H2,1-2H3,(H2,21,28)(H,23,29)(H,22,25,30)/t13-/m0/s1. The van der Waals surface area contributed by atoms with E-state index in [0.717, 1.165) is 18.7 Å². The summed E-state index contributed by atoms with van der Waals surface area (Å²) >= 11 is 0. The van der Waals surface area contributed by atoms with Crippen LogP contribution in [0.1, 0.15) is 41.1 Å². The summed E-state index contributed by atoms with van der Waals surface area (Å²) in [6.07, 6.45) is 2.19. The summed E-state index contributed by atoms with van der Waals surface area (Å²) in [7, 11) is 0. The van der Waals surface area contributed by atoms with E-state index in [1.807, 2.05) is 19.9 Å². The molecule has 2 aromatic heterocycles. The Balaban J connectivity index is 1.65. The van der Waals surface area contributed by atoms with Gasteiger partial charge in [0.1, 0.15) is 11.5 Å². The largest absolute Gasteiger partial charge is 0.366 e. The van der Waals surface area contributed by atoms with Crippen molar-refractivity contribution in [2.45, 2.75) is 32.4 Å². The van der Waals surface area contributed by atoms with E-state index in [2.05, 4.69) is 25.5 Å². The lowest BCUT2D eigenvalue weighted by Gasteiger charge is -2.35. The third kappa shape index (κ3) is 3.63. The summed E-state index contributed by atoms with van der Waals surface area (Å²) in [5.74, 6) is -0.252. The predicted octanol–water partition coefficient (Wildman–Crippen LogP) is 1.34. The van der Waals surface area contributed by atoms with Crippen LogP contribution in [0.25, 0.3) is 0 Å². The Bertz CT molecular complexity index is 1020. The smallest absolute Gasteiger partial charge is 0.329 e. The van der Waals surface area contributed by atoms with Gasteiger partial charge in [-0.2, -0.15) is 0 Å². The highest BCUT2D eigenvalue weighted by molar-refractivity contribution is 6.05. The van der Waals surface area contributed by atoms with E-state index >= 15 is 0 Å². The first-order valence-electron chi connectivity index (χ1n) is 9.76. The maximum atomic E-state index is 13.2. The van der Waals surface area contributed by atoms with Crippen LogP contribution in [0.5, 0.6) is 0 Å². The number of aromatic nitrogens is 2. The van der Waals surface area contributed by atoms with E-state index in [4.69, 9.17) is 5.73 Å². The number of fused-ring (bicyclic) bond motifs is 4. The summed E-state index contributed by atoms with van der Waals surface area (Å²) in [6.45, 7) is 5.23. The highest BCUT2D eigenvalue weighted by Gasteiger charge is 2.40. The second kappa shape index (κ2) is 7.62. The van der Waals surface area contributed by atoms with Crippen LogP contribution in [0.3, 0.4) is 0 Å². The van der Waals surface area contributed by atoms with Crippen molar-refractivity contribution < 1.29 is 14.4 Å². The van der Waals surface area contributed by atoms with Gasteiger partial charge in [0.2, 0.25) is 5.91 Å². The fourth-order valence-corrected chi connectivity index (χ4v) is 3.76. The minimum absolute atomic E-state index is 0.0294. The number of nitrogens with one attached hydrogen (secondary N) is 2. The van der Waals surface area contributed by atoms with E-state index in [1.165, 1.54) is 18.3 Å². The van der Waals surface area contributed by atoms with E-state index in [9.17, 15) is 14.4 Å². The number of nitrogens with two attached hydrogens (primary N) is 1. The highest BCUT2D eigenvalue weighted by atomic mass is 16.2. The summed E-state index contributed by atoms with van der Waals surface area (Å²) < 4.78 is 0. The summed E-state index contributed by atoms with van der Waals surface area (Å²) in [5.41, 5.74) is 6.60. The zero-order chi connectivity index (χ0) is 21.4. The second-order valence-corrected chi connectivity index (χ2v) is 7.65. The average Bonchev–Trinajstić information content (AvgIpc) is 3.11. The normalized spacial score (nSPS) is 17.0. The van der Waals surface area contributed by atoms with E-state index in [0.29, 0.717) is 12.4 Å². The van der Waals surface area contributed by atoms with Crippen molar-refractivity contribution in [1.29, 1.82) is 0 Å². The van der Waals surface area contributed by atoms with Gasteiger partial charge in [-0.05, 0) is 44.5 Å². The van der Waals surface area contributed by atoms with Crippen LogP contribution in [-0.2, 0) is 0 Å². The SMILES string of the molecule is CC(C)NC(=O)c1ccc2c(n1)N(C(=O)Nc1cc(C(N)=O)ccn1)[C@H]1CCN2C1. The second-order valence-electron chi connectivity index (χ2n) is 7.65. The lowest BCUT2D eigenvalue weighted by molar-refractivity contribution is 0.0937. The molecule has 0 aliphatic carbocycles. The highest BCUT2D eigenvalue weighted by Crippen LogP contribution is 2.39.